The Morgan fingerprint density at radius 2 is 1.80 bits per heavy atom. The smallest absolute Gasteiger partial charge is 0.265 e. The van der Waals surface area contributed by atoms with Crippen LogP contribution in [0.5, 0.6) is 0 Å². The molecule has 0 N–H and O–H groups in total. The molecule has 0 saturated carbocycles. The van der Waals surface area contributed by atoms with Crippen molar-refractivity contribution in [3.05, 3.63) is 28.0 Å². The van der Waals surface area contributed by atoms with E-state index in [0.717, 1.165) is 31.6 Å². The number of nitrogens with zero attached hydrogens (tertiary/aromatic N) is 5. The van der Waals surface area contributed by atoms with E-state index >= 15 is 0 Å². The Morgan fingerprint density at radius 3 is 2.40 bits per heavy atom. The van der Waals surface area contributed by atoms with Crippen molar-refractivity contribution in [2.75, 3.05) is 37.3 Å². The maximum absolute atomic E-state index is 12.8. The Morgan fingerprint density at radius 1 is 1.10 bits per heavy atom. The third kappa shape index (κ3) is 4.34. The Balaban J connectivity index is 1.55. The molecule has 4 rings (SSSR count). The van der Waals surface area contributed by atoms with Crippen LogP contribution in [0.15, 0.2) is 16.6 Å². The molecule has 4 heterocycles. The summed E-state index contributed by atoms with van der Waals surface area (Å²) < 4.78 is 24.8. The molecule has 0 spiro atoms. The highest BCUT2D eigenvalue weighted by molar-refractivity contribution is 7.90. The first-order valence-electron chi connectivity index (χ1n) is 10.4. The van der Waals surface area contributed by atoms with E-state index in [-0.39, 0.29) is 16.7 Å². The molecule has 0 bridgehead atoms. The first-order chi connectivity index (χ1) is 14.3. The normalized spacial score (nSPS) is 18.6. The number of thiazole rings is 1. The third-order valence-electron chi connectivity index (χ3n) is 5.92. The molecule has 2 aromatic heterocycles. The van der Waals surface area contributed by atoms with E-state index < -0.39 is 9.84 Å². The number of hydrogen-bond acceptors (Lipinski definition) is 8. The van der Waals surface area contributed by atoms with Gasteiger partial charge in [-0.05, 0) is 39.0 Å². The van der Waals surface area contributed by atoms with Crippen LogP contribution in [0.25, 0.3) is 0 Å². The first kappa shape index (κ1) is 21.2. The van der Waals surface area contributed by atoms with E-state index in [1.54, 1.807) is 5.51 Å². The zero-order valence-corrected chi connectivity index (χ0v) is 19.0. The fourth-order valence-corrected chi connectivity index (χ4v) is 5.81. The number of amides is 1. The highest BCUT2D eigenvalue weighted by Crippen LogP contribution is 2.33. The summed E-state index contributed by atoms with van der Waals surface area (Å²) >= 11 is 1.36. The summed E-state index contributed by atoms with van der Waals surface area (Å²) in [5.41, 5.74) is 3.05. The van der Waals surface area contributed by atoms with Crippen LogP contribution in [0, 0.1) is 6.92 Å². The monoisotopic (exact) mass is 449 g/mol. The number of piperidine rings is 2. The fourth-order valence-electron chi connectivity index (χ4n) is 4.21. The van der Waals surface area contributed by atoms with Crippen molar-refractivity contribution in [1.29, 1.82) is 0 Å². The lowest BCUT2D eigenvalue weighted by Gasteiger charge is -2.33. The number of aromatic nitrogens is 3. The van der Waals surface area contributed by atoms with Gasteiger partial charge in [0.05, 0.1) is 23.1 Å². The molecule has 0 atom stereocenters. The second kappa shape index (κ2) is 8.58. The van der Waals surface area contributed by atoms with Gasteiger partial charge in [0.25, 0.3) is 5.91 Å². The minimum Gasteiger partial charge on any atom is -0.341 e. The summed E-state index contributed by atoms with van der Waals surface area (Å²) in [5, 5.41) is 0. The molecule has 2 aliphatic heterocycles. The maximum atomic E-state index is 12.8. The molecule has 30 heavy (non-hydrogen) atoms. The van der Waals surface area contributed by atoms with Crippen molar-refractivity contribution in [3.8, 4) is 0 Å². The van der Waals surface area contributed by atoms with Gasteiger partial charge in [-0.2, -0.15) is 0 Å². The van der Waals surface area contributed by atoms with Gasteiger partial charge in [-0.25, -0.2) is 23.4 Å². The van der Waals surface area contributed by atoms with Crippen LogP contribution in [0.1, 0.15) is 59.1 Å². The van der Waals surface area contributed by atoms with Gasteiger partial charge in [-0.3, -0.25) is 4.79 Å². The average molecular weight is 450 g/mol. The van der Waals surface area contributed by atoms with Crippen LogP contribution in [-0.4, -0.2) is 66.6 Å². The number of hydrogen-bond donors (Lipinski definition) is 0. The second-order valence-electron chi connectivity index (χ2n) is 8.07. The molecule has 2 aromatic rings. The van der Waals surface area contributed by atoms with Gasteiger partial charge < -0.3 is 9.80 Å². The van der Waals surface area contributed by atoms with E-state index in [1.807, 2.05) is 11.8 Å². The molecule has 10 heteroatoms. The summed E-state index contributed by atoms with van der Waals surface area (Å²) in [6.07, 6.45) is 7.45. The van der Waals surface area contributed by atoms with Crippen LogP contribution in [0.4, 0.5) is 5.95 Å². The molecule has 0 unspecified atom stereocenters. The highest BCUT2D eigenvalue weighted by atomic mass is 32.2. The van der Waals surface area contributed by atoms with Gasteiger partial charge in [-0.1, -0.05) is 0 Å². The lowest BCUT2D eigenvalue weighted by atomic mass is 9.93. The molecule has 2 saturated heterocycles. The predicted molar refractivity (Wildman–Crippen MR) is 116 cm³/mol. The summed E-state index contributed by atoms with van der Waals surface area (Å²) in [5.74, 6) is 0.622. The Hall–Kier alpha value is -2.07. The van der Waals surface area contributed by atoms with Crippen molar-refractivity contribution >= 4 is 33.0 Å². The van der Waals surface area contributed by atoms with Gasteiger partial charge in [-0.15, -0.1) is 11.3 Å². The number of likely N-dealkylation sites (tertiary alicyclic amines) is 1. The van der Waals surface area contributed by atoms with E-state index in [4.69, 9.17) is 4.98 Å². The zero-order valence-electron chi connectivity index (χ0n) is 17.4. The zero-order chi connectivity index (χ0) is 21.3. The second-order valence-corrected chi connectivity index (χ2v) is 10.9. The van der Waals surface area contributed by atoms with Crippen molar-refractivity contribution < 1.29 is 13.2 Å². The highest BCUT2D eigenvalue weighted by Gasteiger charge is 2.31. The number of anilines is 1. The van der Waals surface area contributed by atoms with Gasteiger partial charge in [0.1, 0.15) is 9.77 Å². The molecule has 0 aliphatic carbocycles. The standard InChI is InChI=1S/C20H27N5O3S2/c1-14-18(29-13-22-14)19(26)24-10-6-15(7-11-24)17-16(30(2,27)28)12-21-20(23-17)25-8-4-3-5-9-25/h12-13,15H,3-11H2,1-2H3. The Bertz CT molecular complexity index is 1020. The molecule has 0 aromatic carbocycles. The largest absolute Gasteiger partial charge is 0.341 e. The fraction of sp³-hybridized carbons (Fsp3) is 0.600. The number of aryl methyl sites for hydroxylation is 1. The summed E-state index contributed by atoms with van der Waals surface area (Å²) in [4.78, 5) is 30.9. The summed E-state index contributed by atoms with van der Waals surface area (Å²) in [6, 6.07) is 0. The molecular weight excluding hydrogens is 422 g/mol. The van der Waals surface area contributed by atoms with Crippen LogP contribution in [0.2, 0.25) is 0 Å². The van der Waals surface area contributed by atoms with Gasteiger partial charge in [0.15, 0.2) is 9.84 Å². The molecule has 8 nitrogen and oxygen atoms in total. The van der Waals surface area contributed by atoms with Gasteiger partial charge in [0, 0.05) is 38.4 Å². The molecule has 0 radical (unpaired) electrons. The lowest BCUT2D eigenvalue weighted by molar-refractivity contribution is 0.0715. The summed E-state index contributed by atoms with van der Waals surface area (Å²) in [7, 11) is -3.43. The van der Waals surface area contributed by atoms with E-state index in [2.05, 4.69) is 14.9 Å². The van der Waals surface area contributed by atoms with Crippen LogP contribution < -0.4 is 4.90 Å². The van der Waals surface area contributed by atoms with Crippen LogP contribution in [-0.2, 0) is 9.84 Å². The minimum atomic E-state index is -3.43. The first-order valence-corrected chi connectivity index (χ1v) is 13.1. The van der Waals surface area contributed by atoms with Crippen molar-refractivity contribution in [1.82, 2.24) is 19.9 Å². The molecule has 2 fully saturated rings. The molecule has 162 valence electrons. The van der Waals surface area contributed by atoms with Crippen LogP contribution >= 0.6 is 11.3 Å². The van der Waals surface area contributed by atoms with Crippen molar-refractivity contribution in [2.24, 2.45) is 0 Å². The van der Waals surface area contributed by atoms with Crippen molar-refractivity contribution in [3.63, 3.8) is 0 Å². The average Bonchev–Trinajstić information content (AvgIpc) is 3.19. The van der Waals surface area contributed by atoms with E-state index in [9.17, 15) is 13.2 Å². The minimum absolute atomic E-state index is 0.00660. The number of carbonyl (C=O) groups excluding carboxylic acids is 1. The number of rotatable bonds is 4. The quantitative estimate of drug-likeness (QED) is 0.708. The van der Waals surface area contributed by atoms with E-state index in [1.165, 1.54) is 30.2 Å². The summed E-state index contributed by atoms with van der Waals surface area (Å²) in [6.45, 7) is 4.80. The number of carbonyl (C=O) groups is 1. The van der Waals surface area contributed by atoms with Crippen molar-refractivity contribution in [2.45, 2.75) is 49.8 Å². The number of sulfone groups is 1. The third-order valence-corrected chi connectivity index (χ3v) is 7.95. The predicted octanol–water partition coefficient (Wildman–Crippen LogP) is 2.66. The topological polar surface area (TPSA) is 96.4 Å². The van der Waals surface area contributed by atoms with Gasteiger partial charge in [0.2, 0.25) is 5.95 Å². The Kier molecular flexibility index (Phi) is 6.06. The SMILES string of the molecule is Cc1ncsc1C(=O)N1CCC(c2nc(N3CCCCC3)ncc2S(C)(=O)=O)CC1. The Labute approximate surface area is 181 Å². The molecule has 2 aliphatic rings. The van der Waals surface area contributed by atoms with Gasteiger partial charge >= 0.3 is 0 Å². The molecular formula is C20H27N5O3S2. The van der Waals surface area contributed by atoms with Crippen LogP contribution in [0.3, 0.4) is 0 Å². The maximum Gasteiger partial charge on any atom is 0.265 e. The molecule has 1 amide bonds. The van der Waals surface area contributed by atoms with E-state index in [0.29, 0.717) is 42.5 Å². The lowest BCUT2D eigenvalue weighted by Crippen LogP contribution is -2.38.